The lowest BCUT2D eigenvalue weighted by molar-refractivity contribution is -0.141. The number of hydrogen-bond donors (Lipinski definition) is 1. The third-order valence-electron chi connectivity index (χ3n) is 3.86. The maximum atomic E-state index is 12.3. The first-order valence-corrected chi connectivity index (χ1v) is 6.74. The van der Waals surface area contributed by atoms with E-state index in [0.29, 0.717) is 18.5 Å². The molecule has 1 aliphatic rings. The van der Waals surface area contributed by atoms with E-state index in [4.69, 9.17) is 5.11 Å². The molecule has 1 aliphatic heterocycles. The van der Waals surface area contributed by atoms with Crippen LogP contribution < -0.4 is 4.90 Å². The van der Waals surface area contributed by atoms with Crippen LogP contribution in [0.15, 0.2) is 18.2 Å². The monoisotopic (exact) mass is 290 g/mol. The summed E-state index contributed by atoms with van der Waals surface area (Å²) < 4.78 is 0. The molecule has 2 rings (SSSR count). The molecule has 0 bridgehead atoms. The zero-order chi connectivity index (χ0) is 15.7. The number of likely N-dealkylation sites (N-methyl/N-ethyl adjacent to an activating group) is 1. The van der Waals surface area contributed by atoms with Gasteiger partial charge in [0.2, 0.25) is 5.91 Å². The number of carbonyl (C=O) groups excluding carboxylic acids is 2. The minimum atomic E-state index is -1.05. The van der Waals surface area contributed by atoms with Gasteiger partial charge in [-0.3, -0.25) is 9.59 Å². The van der Waals surface area contributed by atoms with Gasteiger partial charge >= 0.3 is 5.97 Å². The number of hydrogen-bond acceptors (Lipinski definition) is 3. The Morgan fingerprint density at radius 2 is 2.00 bits per heavy atom. The van der Waals surface area contributed by atoms with Crippen LogP contribution in [0.2, 0.25) is 0 Å². The highest BCUT2D eigenvalue weighted by Gasteiger charge is 2.26. The number of amides is 2. The summed E-state index contributed by atoms with van der Waals surface area (Å²) in [5, 5.41) is 8.96. The number of fused-ring (bicyclic) bond motifs is 1. The van der Waals surface area contributed by atoms with Crippen LogP contribution >= 0.6 is 0 Å². The molecule has 1 heterocycles. The minimum Gasteiger partial charge on any atom is -0.480 e. The van der Waals surface area contributed by atoms with Gasteiger partial charge in [0.15, 0.2) is 0 Å². The Balaban J connectivity index is 2.26. The molecule has 2 amide bonds. The first-order chi connectivity index (χ1) is 9.82. The van der Waals surface area contributed by atoms with Crippen LogP contribution in [0, 0.1) is 0 Å². The van der Waals surface area contributed by atoms with Crippen molar-refractivity contribution in [2.45, 2.75) is 26.3 Å². The largest absolute Gasteiger partial charge is 0.480 e. The quantitative estimate of drug-likeness (QED) is 0.905. The van der Waals surface area contributed by atoms with Crippen LogP contribution in [0.25, 0.3) is 0 Å². The fraction of sp³-hybridized carbons (Fsp3) is 0.400. The first kappa shape index (κ1) is 15.0. The number of benzene rings is 1. The van der Waals surface area contributed by atoms with E-state index in [-0.39, 0.29) is 11.8 Å². The Hall–Kier alpha value is -2.37. The van der Waals surface area contributed by atoms with Gasteiger partial charge in [-0.1, -0.05) is 0 Å². The molecular formula is C15H18N2O4. The van der Waals surface area contributed by atoms with Crippen molar-refractivity contribution in [3.05, 3.63) is 29.3 Å². The molecule has 0 aromatic heterocycles. The summed E-state index contributed by atoms with van der Waals surface area (Å²) in [5.74, 6) is -1.41. The summed E-state index contributed by atoms with van der Waals surface area (Å²) in [5.41, 5.74) is 2.20. The zero-order valence-corrected chi connectivity index (χ0v) is 12.3. The third kappa shape index (κ3) is 2.74. The van der Waals surface area contributed by atoms with Crippen molar-refractivity contribution in [1.82, 2.24) is 4.90 Å². The molecule has 6 nitrogen and oxygen atoms in total. The molecule has 1 unspecified atom stereocenters. The predicted octanol–water partition coefficient (Wildman–Crippen LogP) is 1.14. The molecule has 0 saturated heterocycles. The van der Waals surface area contributed by atoms with Gasteiger partial charge in [-0.25, -0.2) is 4.79 Å². The fourth-order valence-corrected chi connectivity index (χ4v) is 2.41. The number of aliphatic carboxylic acids is 1. The summed E-state index contributed by atoms with van der Waals surface area (Å²) in [6.07, 6.45) is 0.703. The summed E-state index contributed by atoms with van der Waals surface area (Å²) in [4.78, 5) is 37.6. The molecule has 1 aromatic rings. The number of nitrogens with zero attached hydrogens (tertiary/aromatic N) is 2. The van der Waals surface area contributed by atoms with Crippen LogP contribution in [0.5, 0.6) is 0 Å². The fourth-order valence-electron chi connectivity index (χ4n) is 2.41. The second-order valence-electron chi connectivity index (χ2n) is 5.19. The van der Waals surface area contributed by atoms with Crippen LogP contribution in [0.3, 0.4) is 0 Å². The molecule has 6 heteroatoms. The SMILES string of the molecule is CC(=O)N1CCc2cc(C(=O)N(C)C(C)C(=O)O)ccc21. The molecule has 1 atom stereocenters. The number of rotatable bonds is 3. The summed E-state index contributed by atoms with van der Waals surface area (Å²) >= 11 is 0. The molecule has 0 saturated carbocycles. The van der Waals surface area contributed by atoms with E-state index in [0.717, 1.165) is 11.3 Å². The maximum absolute atomic E-state index is 12.3. The van der Waals surface area contributed by atoms with Gasteiger partial charge < -0.3 is 14.9 Å². The highest BCUT2D eigenvalue weighted by molar-refractivity contribution is 5.99. The molecule has 1 N–H and O–H groups in total. The molecule has 1 aromatic carbocycles. The Kier molecular flexibility index (Phi) is 3.97. The molecular weight excluding hydrogens is 272 g/mol. The molecule has 0 spiro atoms. The van der Waals surface area contributed by atoms with Crippen LogP contribution in [-0.2, 0) is 16.0 Å². The van der Waals surface area contributed by atoms with E-state index < -0.39 is 12.0 Å². The average Bonchev–Trinajstić information content (AvgIpc) is 2.87. The lowest BCUT2D eigenvalue weighted by Gasteiger charge is -2.22. The Labute approximate surface area is 123 Å². The Bertz CT molecular complexity index is 612. The van der Waals surface area contributed by atoms with E-state index in [1.807, 2.05) is 0 Å². The van der Waals surface area contributed by atoms with E-state index in [2.05, 4.69) is 0 Å². The van der Waals surface area contributed by atoms with Gasteiger partial charge in [-0.15, -0.1) is 0 Å². The highest BCUT2D eigenvalue weighted by atomic mass is 16.4. The van der Waals surface area contributed by atoms with E-state index in [1.165, 1.54) is 25.8 Å². The molecule has 21 heavy (non-hydrogen) atoms. The second-order valence-corrected chi connectivity index (χ2v) is 5.19. The topological polar surface area (TPSA) is 77.9 Å². The van der Waals surface area contributed by atoms with Crippen molar-refractivity contribution in [2.24, 2.45) is 0 Å². The normalized spacial score (nSPS) is 14.5. The van der Waals surface area contributed by atoms with Crippen LogP contribution in [0.1, 0.15) is 29.8 Å². The summed E-state index contributed by atoms with van der Waals surface area (Å²) in [7, 11) is 1.47. The number of carbonyl (C=O) groups is 3. The Morgan fingerprint density at radius 1 is 1.33 bits per heavy atom. The first-order valence-electron chi connectivity index (χ1n) is 6.74. The smallest absolute Gasteiger partial charge is 0.326 e. The highest BCUT2D eigenvalue weighted by Crippen LogP contribution is 2.29. The van der Waals surface area contributed by atoms with Gasteiger partial charge in [0, 0.05) is 31.8 Å². The minimum absolute atomic E-state index is 0.0237. The van der Waals surface area contributed by atoms with Gasteiger partial charge in [-0.2, -0.15) is 0 Å². The van der Waals surface area contributed by atoms with Crippen molar-refractivity contribution in [2.75, 3.05) is 18.5 Å². The third-order valence-corrected chi connectivity index (χ3v) is 3.86. The van der Waals surface area contributed by atoms with Crippen molar-refractivity contribution in [3.8, 4) is 0 Å². The van der Waals surface area contributed by atoms with Crippen molar-refractivity contribution < 1.29 is 19.5 Å². The van der Waals surface area contributed by atoms with Crippen molar-refractivity contribution in [1.29, 1.82) is 0 Å². The molecule has 0 radical (unpaired) electrons. The van der Waals surface area contributed by atoms with Gasteiger partial charge in [0.05, 0.1) is 0 Å². The predicted molar refractivity (Wildman–Crippen MR) is 77.4 cm³/mol. The van der Waals surface area contributed by atoms with Crippen molar-refractivity contribution >= 4 is 23.5 Å². The Morgan fingerprint density at radius 3 is 2.57 bits per heavy atom. The van der Waals surface area contributed by atoms with Gasteiger partial charge in [-0.05, 0) is 37.1 Å². The maximum Gasteiger partial charge on any atom is 0.326 e. The second kappa shape index (κ2) is 5.55. The van der Waals surface area contributed by atoms with E-state index in [1.54, 1.807) is 23.1 Å². The van der Waals surface area contributed by atoms with Crippen LogP contribution in [0.4, 0.5) is 5.69 Å². The summed E-state index contributed by atoms with van der Waals surface area (Å²) in [6.45, 7) is 3.59. The average molecular weight is 290 g/mol. The summed E-state index contributed by atoms with van der Waals surface area (Å²) in [6, 6.07) is 4.23. The standard InChI is InChI=1S/C15H18N2O4/c1-9(15(20)21)16(3)14(19)12-4-5-13-11(8-12)6-7-17(13)10(2)18/h4-5,8-9H,6-7H2,1-3H3,(H,20,21). The number of anilines is 1. The van der Waals surface area contributed by atoms with Crippen molar-refractivity contribution in [3.63, 3.8) is 0 Å². The number of carboxylic acid groups (broad SMARTS) is 1. The lowest BCUT2D eigenvalue weighted by atomic mass is 10.1. The number of carboxylic acids is 1. The van der Waals surface area contributed by atoms with E-state index in [9.17, 15) is 14.4 Å². The molecule has 112 valence electrons. The molecule has 0 fully saturated rings. The van der Waals surface area contributed by atoms with Gasteiger partial charge in [0.25, 0.3) is 5.91 Å². The molecule has 0 aliphatic carbocycles. The lowest BCUT2D eigenvalue weighted by Crippen LogP contribution is -2.40. The van der Waals surface area contributed by atoms with Crippen LogP contribution in [-0.4, -0.2) is 47.4 Å². The zero-order valence-electron chi connectivity index (χ0n) is 12.3. The van der Waals surface area contributed by atoms with E-state index >= 15 is 0 Å². The van der Waals surface area contributed by atoms with Gasteiger partial charge in [0.1, 0.15) is 6.04 Å².